The standard InChI is InChI=1S/C11H9NOS2/c1-14-11-10(15-7-12-11)9(13)8-5-3-2-4-6-8/h2-7H,1H3. The van der Waals surface area contributed by atoms with Crippen LogP contribution in [0.15, 0.2) is 40.9 Å². The predicted octanol–water partition coefficient (Wildman–Crippen LogP) is 3.10. The number of thiazole rings is 1. The van der Waals surface area contributed by atoms with E-state index in [0.29, 0.717) is 0 Å². The fourth-order valence-corrected chi connectivity index (χ4v) is 2.79. The molecule has 0 amide bonds. The minimum atomic E-state index is 0.0578. The van der Waals surface area contributed by atoms with Gasteiger partial charge in [0.2, 0.25) is 5.78 Å². The smallest absolute Gasteiger partial charge is 0.205 e. The van der Waals surface area contributed by atoms with E-state index in [1.54, 1.807) is 5.51 Å². The highest BCUT2D eigenvalue weighted by molar-refractivity contribution is 7.98. The summed E-state index contributed by atoms with van der Waals surface area (Å²) < 4.78 is 0. The zero-order valence-corrected chi connectivity index (χ0v) is 9.77. The van der Waals surface area contributed by atoms with Crippen LogP contribution in [0.25, 0.3) is 0 Å². The normalized spacial score (nSPS) is 10.2. The van der Waals surface area contributed by atoms with E-state index in [0.717, 1.165) is 15.5 Å². The number of carbonyl (C=O) groups is 1. The molecule has 0 radical (unpaired) electrons. The topological polar surface area (TPSA) is 30.0 Å². The van der Waals surface area contributed by atoms with Gasteiger partial charge in [-0.2, -0.15) is 0 Å². The molecular weight excluding hydrogens is 226 g/mol. The number of carbonyl (C=O) groups excluding carboxylic acids is 1. The molecule has 0 unspecified atom stereocenters. The first-order valence-corrected chi connectivity index (χ1v) is 6.50. The lowest BCUT2D eigenvalue weighted by Gasteiger charge is -1.98. The van der Waals surface area contributed by atoms with Crippen molar-refractivity contribution in [3.05, 3.63) is 46.3 Å². The lowest BCUT2D eigenvalue weighted by molar-refractivity contribution is 0.103. The van der Waals surface area contributed by atoms with E-state index in [1.807, 2.05) is 36.6 Å². The van der Waals surface area contributed by atoms with Gasteiger partial charge in [0.1, 0.15) is 9.90 Å². The average Bonchev–Trinajstić information content (AvgIpc) is 2.77. The summed E-state index contributed by atoms with van der Waals surface area (Å²) in [5.41, 5.74) is 2.43. The number of rotatable bonds is 3. The van der Waals surface area contributed by atoms with Crippen LogP contribution in [0.1, 0.15) is 15.2 Å². The number of thioether (sulfide) groups is 1. The molecule has 15 heavy (non-hydrogen) atoms. The second-order valence-corrected chi connectivity index (χ2v) is 4.54. The van der Waals surface area contributed by atoms with Crippen molar-refractivity contribution < 1.29 is 4.79 Å². The zero-order valence-electron chi connectivity index (χ0n) is 8.14. The summed E-state index contributed by atoms with van der Waals surface area (Å²) in [7, 11) is 0. The molecule has 0 N–H and O–H groups in total. The summed E-state index contributed by atoms with van der Waals surface area (Å²) >= 11 is 2.90. The van der Waals surface area contributed by atoms with Gasteiger partial charge in [0.25, 0.3) is 0 Å². The highest BCUT2D eigenvalue weighted by Gasteiger charge is 2.15. The Balaban J connectivity index is 2.37. The van der Waals surface area contributed by atoms with Crippen molar-refractivity contribution in [1.29, 1.82) is 0 Å². The fourth-order valence-electron chi connectivity index (χ4n) is 1.25. The number of ketones is 1. The summed E-state index contributed by atoms with van der Waals surface area (Å²) in [6, 6.07) is 9.29. The summed E-state index contributed by atoms with van der Waals surface area (Å²) in [5, 5.41) is 0.814. The maximum atomic E-state index is 12.0. The van der Waals surface area contributed by atoms with Gasteiger partial charge in [-0.1, -0.05) is 30.3 Å². The fraction of sp³-hybridized carbons (Fsp3) is 0.0909. The highest BCUT2D eigenvalue weighted by Crippen LogP contribution is 2.24. The van der Waals surface area contributed by atoms with Gasteiger partial charge in [-0.05, 0) is 6.26 Å². The van der Waals surface area contributed by atoms with Crippen molar-refractivity contribution in [2.75, 3.05) is 6.26 Å². The highest BCUT2D eigenvalue weighted by atomic mass is 32.2. The molecule has 0 aliphatic rings. The molecule has 2 aromatic rings. The van der Waals surface area contributed by atoms with E-state index in [4.69, 9.17) is 0 Å². The van der Waals surface area contributed by atoms with Crippen molar-refractivity contribution >= 4 is 28.9 Å². The first-order chi connectivity index (χ1) is 7.33. The number of aromatic nitrogens is 1. The van der Waals surface area contributed by atoms with E-state index in [2.05, 4.69) is 4.98 Å². The molecule has 0 bridgehead atoms. The first kappa shape index (κ1) is 10.4. The Bertz CT molecular complexity index is 464. The van der Waals surface area contributed by atoms with E-state index in [9.17, 15) is 4.79 Å². The summed E-state index contributed by atoms with van der Waals surface area (Å²) in [4.78, 5) is 16.9. The molecule has 1 aromatic carbocycles. The molecule has 0 saturated heterocycles. The Morgan fingerprint density at radius 2 is 2.07 bits per heavy atom. The van der Waals surface area contributed by atoms with Crippen LogP contribution >= 0.6 is 23.1 Å². The molecule has 1 aromatic heterocycles. The zero-order chi connectivity index (χ0) is 10.7. The van der Waals surface area contributed by atoms with E-state index in [1.165, 1.54) is 23.1 Å². The van der Waals surface area contributed by atoms with Crippen molar-refractivity contribution in [3.63, 3.8) is 0 Å². The average molecular weight is 235 g/mol. The lowest BCUT2D eigenvalue weighted by atomic mass is 10.1. The van der Waals surface area contributed by atoms with Gasteiger partial charge in [-0.3, -0.25) is 4.79 Å². The molecule has 0 aliphatic carbocycles. The van der Waals surface area contributed by atoms with Gasteiger partial charge in [0.05, 0.1) is 5.51 Å². The lowest BCUT2D eigenvalue weighted by Crippen LogP contribution is -1.99. The van der Waals surface area contributed by atoms with Crippen molar-refractivity contribution in [3.8, 4) is 0 Å². The maximum absolute atomic E-state index is 12.0. The molecule has 1 heterocycles. The summed E-state index contributed by atoms with van der Waals surface area (Å²) in [6.45, 7) is 0. The van der Waals surface area contributed by atoms with Gasteiger partial charge in [-0.25, -0.2) is 4.98 Å². The van der Waals surface area contributed by atoms with Gasteiger partial charge in [0.15, 0.2) is 0 Å². The second kappa shape index (κ2) is 4.59. The van der Waals surface area contributed by atoms with Crippen LogP contribution in [-0.4, -0.2) is 17.0 Å². The monoisotopic (exact) mass is 235 g/mol. The number of hydrogen-bond acceptors (Lipinski definition) is 4. The van der Waals surface area contributed by atoms with E-state index >= 15 is 0 Å². The van der Waals surface area contributed by atoms with Gasteiger partial charge >= 0.3 is 0 Å². The third-order valence-electron chi connectivity index (χ3n) is 1.97. The van der Waals surface area contributed by atoms with Gasteiger partial charge in [0, 0.05) is 5.56 Å². The van der Waals surface area contributed by atoms with Crippen LogP contribution in [0.5, 0.6) is 0 Å². The number of nitrogens with zero attached hydrogens (tertiary/aromatic N) is 1. The summed E-state index contributed by atoms with van der Waals surface area (Å²) in [6.07, 6.45) is 1.93. The van der Waals surface area contributed by atoms with Crippen LogP contribution in [-0.2, 0) is 0 Å². The van der Waals surface area contributed by atoms with Crippen LogP contribution < -0.4 is 0 Å². The molecule has 2 rings (SSSR count). The second-order valence-electron chi connectivity index (χ2n) is 2.89. The molecule has 0 atom stereocenters. The SMILES string of the molecule is CSc1ncsc1C(=O)c1ccccc1. The van der Waals surface area contributed by atoms with Crippen LogP contribution in [0, 0.1) is 0 Å². The Morgan fingerprint density at radius 1 is 1.33 bits per heavy atom. The molecular formula is C11H9NOS2. The van der Waals surface area contributed by atoms with E-state index in [-0.39, 0.29) is 5.78 Å². The quantitative estimate of drug-likeness (QED) is 0.605. The predicted molar refractivity (Wildman–Crippen MR) is 63.8 cm³/mol. The summed E-state index contributed by atoms with van der Waals surface area (Å²) in [5.74, 6) is 0.0578. The Kier molecular flexibility index (Phi) is 3.18. The van der Waals surface area contributed by atoms with Crippen LogP contribution in [0.2, 0.25) is 0 Å². The Labute approximate surface area is 96.4 Å². The molecule has 0 aliphatic heterocycles. The maximum Gasteiger partial charge on any atom is 0.205 e. The first-order valence-electron chi connectivity index (χ1n) is 4.40. The van der Waals surface area contributed by atoms with Crippen LogP contribution in [0.4, 0.5) is 0 Å². The number of benzene rings is 1. The largest absolute Gasteiger partial charge is 0.288 e. The Morgan fingerprint density at radius 3 is 2.73 bits per heavy atom. The van der Waals surface area contributed by atoms with Crippen molar-refractivity contribution in [2.45, 2.75) is 5.03 Å². The minimum absolute atomic E-state index is 0.0578. The third kappa shape index (κ3) is 2.11. The molecule has 0 saturated carbocycles. The van der Waals surface area contributed by atoms with Crippen LogP contribution in [0.3, 0.4) is 0 Å². The molecule has 2 nitrogen and oxygen atoms in total. The minimum Gasteiger partial charge on any atom is -0.288 e. The van der Waals surface area contributed by atoms with Crippen molar-refractivity contribution in [1.82, 2.24) is 4.98 Å². The van der Waals surface area contributed by atoms with Gasteiger partial charge < -0.3 is 0 Å². The van der Waals surface area contributed by atoms with Gasteiger partial charge in [-0.15, -0.1) is 23.1 Å². The molecule has 76 valence electrons. The number of hydrogen-bond donors (Lipinski definition) is 0. The molecule has 0 fully saturated rings. The van der Waals surface area contributed by atoms with Crippen molar-refractivity contribution in [2.24, 2.45) is 0 Å². The molecule has 4 heteroatoms. The van der Waals surface area contributed by atoms with E-state index < -0.39 is 0 Å². The Hall–Kier alpha value is -1.13. The molecule has 0 spiro atoms. The third-order valence-corrected chi connectivity index (χ3v) is 3.62.